The summed E-state index contributed by atoms with van der Waals surface area (Å²) in [5, 5.41) is 9.48. The highest BCUT2D eigenvalue weighted by Gasteiger charge is 2.11. The van der Waals surface area contributed by atoms with Gasteiger partial charge in [-0.15, -0.1) is 0 Å². The monoisotopic (exact) mass is 210 g/mol. The average Bonchev–Trinajstić information content (AvgIpc) is 2.17. The van der Waals surface area contributed by atoms with E-state index in [4.69, 9.17) is 9.47 Å². The Hall–Kier alpha value is -1.22. The molecule has 1 aromatic rings. The van der Waals surface area contributed by atoms with Crippen LogP contribution >= 0.6 is 0 Å². The van der Waals surface area contributed by atoms with E-state index >= 15 is 0 Å². The molecule has 84 valence electrons. The van der Waals surface area contributed by atoms with Gasteiger partial charge < -0.3 is 14.6 Å². The van der Waals surface area contributed by atoms with Gasteiger partial charge in [0.05, 0.1) is 19.3 Å². The number of rotatable bonds is 5. The molecule has 0 amide bonds. The third-order valence-corrected chi connectivity index (χ3v) is 2.04. The van der Waals surface area contributed by atoms with E-state index in [9.17, 15) is 5.11 Å². The molecule has 0 bridgehead atoms. The Balaban J connectivity index is 2.38. The number of hydrogen-bond acceptors (Lipinski definition) is 3. The van der Waals surface area contributed by atoms with Crippen molar-refractivity contribution >= 4 is 0 Å². The lowest BCUT2D eigenvalue weighted by Crippen LogP contribution is -2.21. The number of hydrogen-bond donors (Lipinski definition) is 1. The Kier molecular flexibility index (Phi) is 3.97. The van der Waals surface area contributed by atoms with Crippen LogP contribution < -0.4 is 9.47 Å². The van der Waals surface area contributed by atoms with E-state index in [0.717, 1.165) is 11.5 Å². The molecule has 0 fully saturated rings. The van der Waals surface area contributed by atoms with Crippen LogP contribution in [0, 0.1) is 0 Å². The molecule has 1 aromatic carbocycles. The molecule has 0 aromatic heterocycles. The van der Waals surface area contributed by atoms with Crippen LogP contribution in [0.1, 0.15) is 20.3 Å². The first kappa shape index (κ1) is 11.9. The summed E-state index contributed by atoms with van der Waals surface area (Å²) in [5.41, 5.74) is -0.674. The van der Waals surface area contributed by atoms with E-state index in [-0.39, 0.29) is 0 Å². The Morgan fingerprint density at radius 2 is 1.67 bits per heavy atom. The van der Waals surface area contributed by atoms with Crippen molar-refractivity contribution in [3.05, 3.63) is 24.3 Å². The molecule has 0 saturated carbocycles. The Bertz CT molecular complexity index is 285. The molecule has 3 nitrogen and oxygen atoms in total. The van der Waals surface area contributed by atoms with E-state index in [2.05, 4.69) is 0 Å². The van der Waals surface area contributed by atoms with Gasteiger partial charge in [-0.2, -0.15) is 0 Å². The second kappa shape index (κ2) is 5.03. The lowest BCUT2D eigenvalue weighted by atomic mass is 10.1. The summed E-state index contributed by atoms with van der Waals surface area (Å²) in [6.07, 6.45) is 0.610. The zero-order valence-electron chi connectivity index (χ0n) is 9.49. The third kappa shape index (κ3) is 4.70. The largest absolute Gasteiger partial charge is 0.497 e. The fourth-order valence-corrected chi connectivity index (χ4v) is 1.09. The Morgan fingerprint density at radius 3 is 2.13 bits per heavy atom. The summed E-state index contributed by atoms with van der Waals surface area (Å²) in [6, 6.07) is 7.39. The molecule has 0 unspecified atom stereocenters. The molecule has 1 rings (SSSR count). The van der Waals surface area contributed by atoms with Crippen LogP contribution in [0.25, 0.3) is 0 Å². The summed E-state index contributed by atoms with van der Waals surface area (Å²) in [5.74, 6) is 1.60. The molecule has 0 spiro atoms. The first-order valence-electron chi connectivity index (χ1n) is 5.00. The van der Waals surface area contributed by atoms with Gasteiger partial charge in [0.15, 0.2) is 0 Å². The van der Waals surface area contributed by atoms with Crippen molar-refractivity contribution in [3.8, 4) is 11.5 Å². The Labute approximate surface area is 90.6 Å². The van der Waals surface area contributed by atoms with Crippen molar-refractivity contribution in [3.63, 3.8) is 0 Å². The second-order valence-corrected chi connectivity index (χ2v) is 4.09. The van der Waals surface area contributed by atoms with Crippen LogP contribution in [0.5, 0.6) is 11.5 Å². The van der Waals surface area contributed by atoms with Crippen molar-refractivity contribution in [2.24, 2.45) is 0 Å². The fraction of sp³-hybridized carbons (Fsp3) is 0.500. The minimum absolute atomic E-state index is 0.510. The predicted octanol–water partition coefficient (Wildman–Crippen LogP) is 2.24. The highest BCUT2D eigenvalue weighted by Crippen LogP contribution is 2.17. The van der Waals surface area contributed by atoms with Gasteiger partial charge >= 0.3 is 0 Å². The van der Waals surface area contributed by atoms with Crippen LogP contribution in [-0.4, -0.2) is 24.4 Å². The second-order valence-electron chi connectivity index (χ2n) is 4.09. The van der Waals surface area contributed by atoms with Gasteiger partial charge in [0, 0.05) is 6.42 Å². The van der Waals surface area contributed by atoms with Crippen LogP contribution in [-0.2, 0) is 0 Å². The molecule has 0 radical (unpaired) electrons. The van der Waals surface area contributed by atoms with E-state index in [1.165, 1.54) is 0 Å². The molecule has 15 heavy (non-hydrogen) atoms. The number of methoxy groups -OCH3 is 1. The van der Waals surface area contributed by atoms with Gasteiger partial charge in [-0.1, -0.05) is 0 Å². The molecule has 0 aliphatic rings. The summed E-state index contributed by atoms with van der Waals surface area (Å²) in [6.45, 7) is 4.05. The zero-order valence-corrected chi connectivity index (χ0v) is 9.49. The lowest BCUT2D eigenvalue weighted by Gasteiger charge is -2.17. The van der Waals surface area contributed by atoms with Gasteiger partial charge in [-0.25, -0.2) is 0 Å². The predicted molar refractivity (Wildman–Crippen MR) is 59.4 cm³/mol. The summed E-state index contributed by atoms with van der Waals surface area (Å²) >= 11 is 0. The first-order chi connectivity index (χ1) is 7.01. The molecule has 3 heteroatoms. The van der Waals surface area contributed by atoms with Crippen LogP contribution in [0.15, 0.2) is 24.3 Å². The molecule has 0 saturated heterocycles. The van der Waals surface area contributed by atoms with Crippen molar-refractivity contribution in [2.45, 2.75) is 25.9 Å². The molecule has 0 aliphatic heterocycles. The average molecular weight is 210 g/mol. The minimum Gasteiger partial charge on any atom is -0.497 e. The Morgan fingerprint density at radius 1 is 1.13 bits per heavy atom. The maximum Gasteiger partial charge on any atom is 0.119 e. The normalized spacial score (nSPS) is 11.2. The van der Waals surface area contributed by atoms with Crippen molar-refractivity contribution in [1.29, 1.82) is 0 Å². The standard InChI is InChI=1S/C12H18O3/c1-12(2,13)8-9-15-11-6-4-10(14-3)5-7-11/h4-7,13H,8-9H2,1-3H3. The van der Waals surface area contributed by atoms with E-state index in [0.29, 0.717) is 13.0 Å². The van der Waals surface area contributed by atoms with Crippen molar-refractivity contribution < 1.29 is 14.6 Å². The maximum atomic E-state index is 9.48. The minimum atomic E-state index is -0.674. The lowest BCUT2D eigenvalue weighted by molar-refractivity contribution is 0.0553. The van der Waals surface area contributed by atoms with E-state index in [1.807, 2.05) is 24.3 Å². The molecular weight excluding hydrogens is 192 g/mol. The highest BCUT2D eigenvalue weighted by molar-refractivity contribution is 5.31. The smallest absolute Gasteiger partial charge is 0.119 e. The molecule has 0 aliphatic carbocycles. The topological polar surface area (TPSA) is 38.7 Å². The molecule has 0 heterocycles. The number of benzene rings is 1. The van der Waals surface area contributed by atoms with Gasteiger partial charge in [0.2, 0.25) is 0 Å². The third-order valence-electron chi connectivity index (χ3n) is 2.04. The maximum absolute atomic E-state index is 9.48. The number of aliphatic hydroxyl groups is 1. The fourth-order valence-electron chi connectivity index (χ4n) is 1.09. The summed E-state index contributed by atoms with van der Waals surface area (Å²) < 4.78 is 10.5. The first-order valence-corrected chi connectivity index (χ1v) is 5.00. The van der Waals surface area contributed by atoms with Gasteiger partial charge in [0.1, 0.15) is 11.5 Å². The summed E-state index contributed by atoms with van der Waals surface area (Å²) in [4.78, 5) is 0. The van der Waals surface area contributed by atoms with Crippen LogP contribution in [0.4, 0.5) is 0 Å². The van der Waals surface area contributed by atoms with Crippen molar-refractivity contribution in [1.82, 2.24) is 0 Å². The van der Waals surface area contributed by atoms with Gasteiger partial charge in [0.25, 0.3) is 0 Å². The van der Waals surface area contributed by atoms with Crippen LogP contribution in [0.3, 0.4) is 0 Å². The van der Waals surface area contributed by atoms with Crippen LogP contribution in [0.2, 0.25) is 0 Å². The SMILES string of the molecule is COc1ccc(OCCC(C)(C)O)cc1. The number of ether oxygens (including phenoxy) is 2. The molecular formula is C12H18O3. The van der Waals surface area contributed by atoms with E-state index in [1.54, 1.807) is 21.0 Å². The van der Waals surface area contributed by atoms with Gasteiger partial charge in [-0.3, -0.25) is 0 Å². The summed E-state index contributed by atoms with van der Waals surface area (Å²) in [7, 11) is 1.63. The molecule has 1 N–H and O–H groups in total. The van der Waals surface area contributed by atoms with Crippen molar-refractivity contribution in [2.75, 3.05) is 13.7 Å². The quantitative estimate of drug-likeness (QED) is 0.810. The van der Waals surface area contributed by atoms with E-state index < -0.39 is 5.60 Å². The zero-order chi connectivity index (χ0) is 11.3. The molecule has 0 atom stereocenters. The highest BCUT2D eigenvalue weighted by atomic mass is 16.5. The van der Waals surface area contributed by atoms with Gasteiger partial charge in [-0.05, 0) is 38.1 Å².